The van der Waals surface area contributed by atoms with Gasteiger partial charge in [0.15, 0.2) is 5.96 Å². The summed E-state index contributed by atoms with van der Waals surface area (Å²) in [6, 6.07) is 4.22. The molecule has 4 nitrogen and oxygen atoms in total. The highest BCUT2D eigenvalue weighted by Crippen LogP contribution is 2.18. The van der Waals surface area contributed by atoms with Gasteiger partial charge in [0, 0.05) is 18.5 Å². The maximum atomic E-state index is 4.27. The molecule has 2 N–H and O–H groups in total. The molecule has 0 aliphatic carbocycles. The zero-order valence-electron chi connectivity index (χ0n) is 12.6. The summed E-state index contributed by atoms with van der Waals surface area (Å²) in [7, 11) is 4.05. The van der Waals surface area contributed by atoms with Gasteiger partial charge in [-0.1, -0.05) is 6.07 Å². The lowest BCUT2D eigenvalue weighted by molar-refractivity contribution is 0.213. The molecule has 0 unspecified atom stereocenters. The second-order valence-corrected chi connectivity index (χ2v) is 6.50. The van der Waals surface area contributed by atoms with E-state index in [4.69, 9.17) is 0 Å². The molecule has 112 valence electrons. The van der Waals surface area contributed by atoms with Crippen LogP contribution in [0.5, 0.6) is 0 Å². The molecule has 0 radical (unpaired) electrons. The van der Waals surface area contributed by atoms with Crippen LogP contribution in [0, 0.1) is 5.92 Å². The van der Waals surface area contributed by atoms with E-state index >= 15 is 0 Å². The lowest BCUT2D eigenvalue weighted by Crippen LogP contribution is -2.38. The second kappa shape index (κ2) is 8.27. The van der Waals surface area contributed by atoms with E-state index in [0.29, 0.717) is 0 Å². The van der Waals surface area contributed by atoms with Crippen LogP contribution in [-0.2, 0) is 6.54 Å². The first-order valence-corrected chi connectivity index (χ1v) is 8.31. The fraction of sp³-hybridized carbons (Fsp3) is 0.667. The van der Waals surface area contributed by atoms with Gasteiger partial charge in [0.2, 0.25) is 0 Å². The maximum Gasteiger partial charge on any atom is 0.191 e. The molecule has 2 rings (SSSR count). The predicted molar refractivity (Wildman–Crippen MR) is 87.4 cm³/mol. The van der Waals surface area contributed by atoms with E-state index in [2.05, 4.69) is 45.1 Å². The Bertz CT molecular complexity index is 394. The summed E-state index contributed by atoms with van der Waals surface area (Å²) in [5.74, 6) is 1.78. The zero-order chi connectivity index (χ0) is 14.2. The fourth-order valence-electron chi connectivity index (χ4n) is 2.55. The van der Waals surface area contributed by atoms with Crippen LogP contribution in [0.1, 0.15) is 24.1 Å². The van der Waals surface area contributed by atoms with Crippen molar-refractivity contribution in [1.29, 1.82) is 0 Å². The molecular weight excluding hydrogens is 268 g/mol. The summed E-state index contributed by atoms with van der Waals surface area (Å²) in [5, 5.41) is 8.88. The first-order valence-electron chi connectivity index (χ1n) is 7.43. The van der Waals surface area contributed by atoms with Crippen molar-refractivity contribution in [3.63, 3.8) is 0 Å². The van der Waals surface area contributed by atoms with Gasteiger partial charge < -0.3 is 15.5 Å². The molecule has 1 aromatic heterocycles. The molecule has 0 bridgehead atoms. The summed E-state index contributed by atoms with van der Waals surface area (Å²) in [4.78, 5) is 8.03. The van der Waals surface area contributed by atoms with E-state index in [0.717, 1.165) is 25.0 Å². The predicted octanol–water partition coefficient (Wildman–Crippen LogP) is 2.15. The number of nitrogens with zero attached hydrogens (tertiary/aromatic N) is 2. The first-order chi connectivity index (χ1) is 9.78. The Kier molecular flexibility index (Phi) is 6.33. The normalized spacial score (nSPS) is 18.2. The molecule has 1 saturated heterocycles. The largest absolute Gasteiger partial charge is 0.356 e. The number of hydrogen-bond acceptors (Lipinski definition) is 3. The third kappa shape index (κ3) is 5.13. The van der Waals surface area contributed by atoms with Crippen molar-refractivity contribution in [1.82, 2.24) is 15.5 Å². The summed E-state index contributed by atoms with van der Waals surface area (Å²) < 4.78 is 0. The topological polar surface area (TPSA) is 39.7 Å². The number of piperidine rings is 1. The molecular formula is C15H26N4S. The third-order valence-electron chi connectivity index (χ3n) is 3.92. The molecule has 0 saturated carbocycles. The van der Waals surface area contributed by atoms with E-state index < -0.39 is 0 Å². The van der Waals surface area contributed by atoms with Crippen molar-refractivity contribution in [2.24, 2.45) is 10.9 Å². The quantitative estimate of drug-likeness (QED) is 0.646. The summed E-state index contributed by atoms with van der Waals surface area (Å²) >= 11 is 1.77. The Balaban J connectivity index is 1.61. The molecule has 1 aromatic rings. The summed E-state index contributed by atoms with van der Waals surface area (Å²) in [5.41, 5.74) is 0. The molecule has 0 aromatic carbocycles. The van der Waals surface area contributed by atoms with Crippen molar-refractivity contribution in [3.8, 4) is 0 Å². The smallest absolute Gasteiger partial charge is 0.191 e. The molecule has 1 aliphatic rings. The highest BCUT2D eigenvalue weighted by Gasteiger charge is 2.16. The number of thiophene rings is 1. The summed E-state index contributed by atoms with van der Waals surface area (Å²) in [6.07, 6.45) is 3.91. The van der Waals surface area contributed by atoms with Crippen molar-refractivity contribution in [2.45, 2.75) is 25.8 Å². The Morgan fingerprint density at radius 3 is 2.85 bits per heavy atom. The van der Waals surface area contributed by atoms with Gasteiger partial charge >= 0.3 is 0 Å². The zero-order valence-corrected chi connectivity index (χ0v) is 13.4. The minimum atomic E-state index is 0.853. The lowest BCUT2D eigenvalue weighted by atomic mass is 9.94. The molecule has 2 heterocycles. The van der Waals surface area contributed by atoms with Crippen LogP contribution in [-0.4, -0.2) is 44.6 Å². The van der Waals surface area contributed by atoms with Crippen LogP contribution in [0.4, 0.5) is 0 Å². The van der Waals surface area contributed by atoms with E-state index in [1.54, 1.807) is 11.3 Å². The average Bonchev–Trinajstić information content (AvgIpc) is 2.98. The van der Waals surface area contributed by atoms with Gasteiger partial charge in [-0.2, -0.15) is 0 Å². The molecule has 1 aliphatic heterocycles. The average molecular weight is 294 g/mol. The second-order valence-electron chi connectivity index (χ2n) is 5.47. The monoisotopic (exact) mass is 294 g/mol. The van der Waals surface area contributed by atoms with Gasteiger partial charge in [0.25, 0.3) is 0 Å². The van der Waals surface area contributed by atoms with Gasteiger partial charge in [-0.15, -0.1) is 11.3 Å². The van der Waals surface area contributed by atoms with Crippen LogP contribution in [0.25, 0.3) is 0 Å². The number of aliphatic imine (C=N–C) groups is 1. The fourth-order valence-corrected chi connectivity index (χ4v) is 3.19. The maximum absolute atomic E-state index is 4.27. The van der Waals surface area contributed by atoms with Crippen LogP contribution >= 0.6 is 11.3 Å². The lowest BCUT2D eigenvalue weighted by Gasteiger charge is -2.29. The van der Waals surface area contributed by atoms with Crippen molar-refractivity contribution in [2.75, 3.05) is 33.7 Å². The Morgan fingerprint density at radius 2 is 2.20 bits per heavy atom. The van der Waals surface area contributed by atoms with Gasteiger partial charge in [0.05, 0.1) is 6.54 Å². The number of rotatable bonds is 5. The highest BCUT2D eigenvalue weighted by atomic mass is 32.1. The van der Waals surface area contributed by atoms with Crippen molar-refractivity contribution >= 4 is 17.3 Å². The number of likely N-dealkylation sites (tertiary alicyclic amines) is 1. The van der Waals surface area contributed by atoms with E-state index in [1.807, 2.05) is 7.05 Å². The van der Waals surface area contributed by atoms with Crippen LogP contribution < -0.4 is 10.6 Å². The highest BCUT2D eigenvalue weighted by molar-refractivity contribution is 7.09. The van der Waals surface area contributed by atoms with Gasteiger partial charge in [-0.3, -0.25) is 4.99 Å². The number of hydrogen-bond donors (Lipinski definition) is 2. The minimum Gasteiger partial charge on any atom is -0.356 e. The van der Waals surface area contributed by atoms with Gasteiger partial charge in [-0.25, -0.2) is 0 Å². The molecule has 0 atom stereocenters. The Labute approximate surface area is 126 Å². The molecule has 20 heavy (non-hydrogen) atoms. The van der Waals surface area contributed by atoms with Crippen LogP contribution in [0.15, 0.2) is 22.5 Å². The molecule has 0 spiro atoms. The Morgan fingerprint density at radius 1 is 1.40 bits per heavy atom. The summed E-state index contributed by atoms with van der Waals surface area (Å²) in [6.45, 7) is 4.36. The number of nitrogens with one attached hydrogen (secondary N) is 2. The van der Waals surface area contributed by atoms with Crippen LogP contribution in [0.3, 0.4) is 0 Å². The van der Waals surface area contributed by atoms with Gasteiger partial charge in [-0.05, 0) is 56.8 Å². The molecule has 0 amide bonds. The SMILES string of the molecule is CN=C(NCCC1CCN(C)CC1)NCc1cccs1. The third-order valence-corrected chi connectivity index (χ3v) is 4.79. The first kappa shape index (κ1) is 15.3. The molecule has 1 fully saturated rings. The number of guanidine groups is 1. The van der Waals surface area contributed by atoms with Crippen molar-refractivity contribution < 1.29 is 0 Å². The minimum absolute atomic E-state index is 0.853. The van der Waals surface area contributed by atoms with E-state index in [9.17, 15) is 0 Å². The van der Waals surface area contributed by atoms with Crippen molar-refractivity contribution in [3.05, 3.63) is 22.4 Å². The van der Waals surface area contributed by atoms with Crippen LogP contribution in [0.2, 0.25) is 0 Å². The van der Waals surface area contributed by atoms with E-state index in [1.165, 1.54) is 37.2 Å². The van der Waals surface area contributed by atoms with Gasteiger partial charge in [0.1, 0.15) is 0 Å². The van der Waals surface area contributed by atoms with E-state index in [-0.39, 0.29) is 0 Å². The Hall–Kier alpha value is -1.07. The molecule has 5 heteroatoms. The standard InChI is InChI=1S/C15H26N4S/c1-16-15(18-12-14-4-3-11-20-14)17-8-5-13-6-9-19(2)10-7-13/h3-4,11,13H,5-10,12H2,1-2H3,(H2,16,17,18).